The molecule has 1 heterocycles. The second kappa shape index (κ2) is 7.68. The van der Waals surface area contributed by atoms with Gasteiger partial charge in [0.25, 0.3) is 5.78 Å². The number of likely N-dealkylation sites (tertiary alicyclic amines) is 1. The third kappa shape index (κ3) is 4.37. The van der Waals surface area contributed by atoms with Crippen LogP contribution in [0.3, 0.4) is 0 Å². The van der Waals surface area contributed by atoms with E-state index in [1.165, 1.54) is 7.11 Å². The van der Waals surface area contributed by atoms with Gasteiger partial charge in [0.1, 0.15) is 0 Å². The molecule has 0 radical (unpaired) electrons. The van der Waals surface area contributed by atoms with E-state index in [0.29, 0.717) is 5.57 Å². The second-order valence-electron chi connectivity index (χ2n) is 4.99. The normalized spacial score (nSPS) is 15.7. The van der Waals surface area contributed by atoms with Crippen LogP contribution in [-0.4, -0.2) is 36.9 Å². The molecule has 0 aliphatic carbocycles. The number of hydrogen-bond acceptors (Lipinski definition) is 4. The predicted octanol–water partition coefficient (Wildman–Crippen LogP) is 2.62. The molecule has 0 atom stereocenters. The van der Waals surface area contributed by atoms with E-state index < -0.39 is 11.8 Å². The van der Waals surface area contributed by atoms with Crippen LogP contribution >= 0.6 is 0 Å². The van der Waals surface area contributed by atoms with E-state index in [0.717, 1.165) is 50.0 Å². The van der Waals surface area contributed by atoms with Gasteiger partial charge in [0.05, 0.1) is 7.11 Å². The molecule has 0 amide bonds. The molecule has 1 aliphatic rings. The van der Waals surface area contributed by atoms with Gasteiger partial charge in [0.2, 0.25) is 0 Å². The molecule has 1 fully saturated rings. The van der Waals surface area contributed by atoms with Crippen molar-refractivity contribution in [3.63, 3.8) is 0 Å². The van der Waals surface area contributed by atoms with E-state index in [2.05, 4.69) is 22.8 Å². The average molecular weight is 277 g/mol. The first kappa shape index (κ1) is 16.2. The molecule has 0 aromatic heterocycles. The summed E-state index contributed by atoms with van der Waals surface area (Å²) < 4.78 is 4.40. The molecule has 0 saturated carbocycles. The molecule has 1 rings (SSSR count). The fourth-order valence-corrected chi connectivity index (χ4v) is 2.13. The van der Waals surface area contributed by atoms with Crippen LogP contribution in [0, 0.1) is 0 Å². The number of ether oxygens (including phenoxy) is 1. The number of methoxy groups -OCH3 is 1. The van der Waals surface area contributed by atoms with Crippen molar-refractivity contribution in [2.75, 3.05) is 20.2 Å². The summed E-state index contributed by atoms with van der Waals surface area (Å²) in [5.41, 5.74) is 2.64. The van der Waals surface area contributed by atoms with Gasteiger partial charge in [-0.15, -0.1) is 0 Å². The van der Waals surface area contributed by atoms with Gasteiger partial charge in [-0.3, -0.25) is 4.79 Å². The van der Waals surface area contributed by atoms with Gasteiger partial charge in [0, 0.05) is 24.4 Å². The summed E-state index contributed by atoms with van der Waals surface area (Å²) in [7, 11) is 1.21. The lowest BCUT2D eigenvalue weighted by molar-refractivity contribution is -0.149. The molecule has 4 heteroatoms. The maximum Gasteiger partial charge on any atom is 0.379 e. The molecule has 0 aromatic rings. The van der Waals surface area contributed by atoms with Gasteiger partial charge >= 0.3 is 5.97 Å². The lowest BCUT2D eigenvalue weighted by atomic mass is 10.1. The van der Waals surface area contributed by atoms with Crippen LogP contribution in [0.25, 0.3) is 0 Å². The highest BCUT2D eigenvalue weighted by molar-refractivity contribution is 6.40. The first-order valence-corrected chi connectivity index (χ1v) is 6.88. The van der Waals surface area contributed by atoms with Crippen molar-refractivity contribution in [2.45, 2.75) is 32.6 Å². The summed E-state index contributed by atoms with van der Waals surface area (Å²) in [6.45, 7) is 11.6. The minimum atomic E-state index is -0.800. The van der Waals surface area contributed by atoms with E-state index in [1.54, 1.807) is 13.0 Å². The summed E-state index contributed by atoms with van der Waals surface area (Å²) in [5, 5.41) is 0. The van der Waals surface area contributed by atoms with Crippen molar-refractivity contribution in [2.24, 2.45) is 0 Å². The molecular weight excluding hydrogens is 254 g/mol. The number of Topliss-reactive ketones (excluding diaryl/α,β-unsaturated/α-hetero) is 1. The number of esters is 1. The van der Waals surface area contributed by atoms with Gasteiger partial charge in [-0.05, 0) is 38.2 Å². The van der Waals surface area contributed by atoms with Crippen LogP contribution in [0.5, 0.6) is 0 Å². The Bertz CT molecular complexity index is 449. The van der Waals surface area contributed by atoms with Gasteiger partial charge in [-0.2, -0.15) is 0 Å². The Balaban J connectivity index is 2.25. The minimum absolute atomic E-state index is 0.454. The summed E-state index contributed by atoms with van der Waals surface area (Å²) in [4.78, 5) is 24.7. The minimum Gasteiger partial charge on any atom is -0.463 e. The standard InChI is InChI=1S/C16H23NO3/c1-12-9-11-17(14(12)3)10-7-5-6-8-13(2)15(18)16(19)20-4/h8H,1,3,5-7,9-11H2,2,4H3/b13-8+. The fourth-order valence-electron chi connectivity index (χ4n) is 2.13. The van der Waals surface area contributed by atoms with Crippen LogP contribution in [0.4, 0.5) is 0 Å². The number of carbonyl (C=O) groups is 2. The zero-order chi connectivity index (χ0) is 15.1. The van der Waals surface area contributed by atoms with Gasteiger partial charge < -0.3 is 9.64 Å². The maximum atomic E-state index is 11.5. The van der Waals surface area contributed by atoms with Gasteiger partial charge in [0.15, 0.2) is 0 Å². The monoisotopic (exact) mass is 277 g/mol. The zero-order valence-electron chi connectivity index (χ0n) is 12.4. The van der Waals surface area contributed by atoms with Crippen molar-refractivity contribution in [1.82, 2.24) is 4.90 Å². The lowest BCUT2D eigenvalue weighted by Crippen LogP contribution is -2.18. The van der Waals surface area contributed by atoms with E-state index in [4.69, 9.17) is 0 Å². The van der Waals surface area contributed by atoms with E-state index in [1.807, 2.05) is 0 Å². The van der Waals surface area contributed by atoms with Crippen molar-refractivity contribution >= 4 is 11.8 Å². The van der Waals surface area contributed by atoms with Crippen molar-refractivity contribution < 1.29 is 14.3 Å². The Kier molecular flexibility index (Phi) is 6.22. The van der Waals surface area contributed by atoms with Crippen LogP contribution in [0.15, 0.2) is 36.1 Å². The van der Waals surface area contributed by atoms with Crippen molar-refractivity contribution in [3.8, 4) is 0 Å². The number of ketones is 1. The van der Waals surface area contributed by atoms with Gasteiger partial charge in [-0.1, -0.05) is 19.2 Å². The SMILES string of the molecule is C=C1CCN(CCCC/C=C(\C)C(=O)C(=O)OC)C1=C. The molecule has 0 N–H and O–H groups in total. The number of unbranched alkanes of at least 4 members (excludes halogenated alkanes) is 2. The Morgan fingerprint density at radius 3 is 2.60 bits per heavy atom. The zero-order valence-corrected chi connectivity index (χ0v) is 12.4. The summed E-state index contributed by atoms with van der Waals surface area (Å²) in [6, 6.07) is 0. The highest BCUT2D eigenvalue weighted by atomic mass is 16.5. The summed E-state index contributed by atoms with van der Waals surface area (Å²) in [5.74, 6) is -1.36. The molecular formula is C16H23NO3. The first-order chi connectivity index (χ1) is 9.47. The van der Waals surface area contributed by atoms with E-state index in [9.17, 15) is 9.59 Å². The average Bonchev–Trinajstić information content (AvgIpc) is 2.76. The van der Waals surface area contributed by atoms with Crippen LogP contribution in [0.1, 0.15) is 32.6 Å². The Labute approximate surface area is 120 Å². The third-order valence-electron chi connectivity index (χ3n) is 3.53. The lowest BCUT2D eigenvalue weighted by Gasteiger charge is -2.18. The molecule has 1 aliphatic heterocycles. The largest absolute Gasteiger partial charge is 0.463 e. The molecule has 20 heavy (non-hydrogen) atoms. The first-order valence-electron chi connectivity index (χ1n) is 6.88. The molecule has 1 saturated heterocycles. The maximum absolute atomic E-state index is 11.5. The van der Waals surface area contributed by atoms with Crippen LogP contribution < -0.4 is 0 Å². The number of hydrogen-bond donors (Lipinski definition) is 0. The summed E-state index contributed by atoms with van der Waals surface area (Å²) in [6.07, 6.45) is 5.60. The number of allylic oxidation sites excluding steroid dienone is 2. The highest BCUT2D eigenvalue weighted by Gasteiger charge is 2.17. The Morgan fingerprint density at radius 1 is 1.35 bits per heavy atom. The molecule has 0 bridgehead atoms. The van der Waals surface area contributed by atoms with Crippen molar-refractivity contribution in [3.05, 3.63) is 36.1 Å². The second-order valence-corrected chi connectivity index (χ2v) is 4.99. The molecule has 0 spiro atoms. The predicted molar refractivity (Wildman–Crippen MR) is 79.1 cm³/mol. The Hall–Kier alpha value is -1.84. The third-order valence-corrected chi connectivity index (χ3v) is 3.53. The van der Waals surface area contributed by atoms with E-state index >= 15 is 0 Å². The quantitative estimate of drug-likeness (QED) is 0.310. The van der Waals surface area contributed by atoms with Crippen molar-refractivity contribution in [1.29, 1.82) is 0 Å². The smallest absolute Gasteiger partial charge is 0.379 e. The molecule has 110 valence electrons. The highest BCUT2D eigenvalue weighted by Crippen LogP contribution is 2.24. The fraction of sp³-hybridized carbons (Fsp3) is 0.500. The molecule has 0 unspecified atom stereocenters. The number of rotatable bonds is 7. The molecule has 4 nitrogen and oxygen atoms in total. The number of nitrogens with zero attached hydrogens (tertiary/aromatic N) is 1. The van der Waals surface area contributed by atoms with E-state index in [-0.39, 0.29) is 0 Å². The molecule has 0 aromatic carbocycles. The van der Waals surface area contributed by atoms with Crippen LogP contribution in [-0.2, 0) is 14.3 Å². The topological polar surface area (TPSA) is 46.6 Å². The van der Waals surface area contributed by atoms with Gasteiger partial charge in [-0.25, -0.2) is 4.79 Å². The Morgan fingerprint density at radius 2 is 2.05 bits per heavy atom. The van der Waals surface area contributed by atoms with Crippen LogP contribution in [0.2, 0.25) is 0 Å². The summed E-state index contributed by atoms with van der Waals surface area (Å²) >= 11 is 0. The number of carbonyl (C=O) groups excluding carboxylic acids is 2.